The van der Waals surface area contributed by atoms with Crippen molar-refractivity contribution in [3.63, 3.8) is 0 Å². The van der Waals surface area contributed by atoms with Gasteiger partial charge in [-0.2, -0.15) is 0 Å². The van der Waals surface area contributed by atoms with Crippen LogP contribution in [0.4, 0.5) is 5.69 Å². The van der Waals surface area contributed by atoms with Crippen LogP contribution in [-0.2, 0) is 4.79 Å². The molecule has 5 heteroatoms. The Labute approximate surface area is 124 Å². The summed E-state index contributed by atoms with van der Waals surface area (Å²) < 4.78 is 0. The number of pyridine rings is 2. The predicted octanol–water partition coefficient (Wildman–Crippen LogP) is 3.33. The number of amides is 1. The quantitative estimate of drug-likeness (QED) is 0.878. The van der Waals surface area contributed by atoms with Gasteiger partial charge < -0.3 is 5.32 Å². The normalized spacial score (nSPS) is 9.33. The molecule has 0 atom stereocenters. The fraction of sp³-hybridized carbons (Fsp3) is 0.250. The van der Waals surface area contributed by atoms with E-state index in [2.05, 4.69) is 15.3 Å². The van der Waals surface area contributed by atoms with E-state index in [1.165, 1.54) is 13.8 Å². The first-order chi connectivity index (χ1) is 10.1. The molecular weight excluding hydrogens is 266 g/mol. The molecule has 2 aromatic rings. The summed E-state index contributed by atoms with van der Waals surface area (Å²) in [4.78, 5) is 30.8. The van der Waals surface area contributed by atoms with Gasteiger partial charge in [0.25, 0.3) is 0 Å². The van der Waals surface area contributed by atoms with E-state index in [4.69, 9.17) is 0 Å². The van der Waals surface area contributed by atoms with Crippen LogP contribution in [0.5, 0.6) is 0 Å². The number of aromatic nitrogens is 2. The predicted molar refractivity (Wildman–Crippen MR) is 83.1 cm³/mol. The van der Waals surface area contributed by atoms with Gasteiger partial charge in [0.2, 0.25) is 5.91 Å². The highest BCUT2D eigenvalue weighted by Gasteiger charge is 2.12. The largest absolute Gasteiger partial charge is 0.324 e. The fourth-order valence-corrected chi connectivity index (χ4v) is 1.72. The van der Waals surface area contributed by atoms with E-state index in [1.54, 1.807) is 24.7 Å². The number of hydrogen-bond acceptors (Lipinski definition) is 4. The van der Waals surface area contributed by atoms with E-state index < -0.39 is 0 Å². The van der Waals surface area contributed by atoms with Gasteiger partial charge in [-0.1, -0.05) is 19.9 Å². The second-order valence-electron chi connectivity index (χ2n) is 4.10. The number of anilines is 1. The lowest BCUT2D eigenvalue weighted by Gasteiger charge is -2.09. The van der Waals surface area contributed by atoms with Gasteiger partial charge in [-0.05, 0) is 12.1 Å². The molecule has 21 heavy (non-hydrogen) atoms. The smallest absolute Gasteiger partial charge is 0.221 e. The topological polar surface area (TPSA) is 72.0 Å². The van der Waals surface area contributed by atoms with Crippen LogP contribution < -0.4 is 5.32 Å². The van der Waals surface area contributed by atoms with E-state index in [0.717, 1.165) is 11.1 Å². The minimum absolute atomic E-state index is 0.193. The van der Waals surface area contributed by atoms with Gasteiger partial charge in [0.15, 0.2) is 5.78 Å². The maximum absolute atomic E-state index is 11.5. The van der Waals surface area contributed by atoms with Crippen LogP contribution in [0, 0.1) is 0 Å². The highest BCUT2D eigenvalue weighted by Crippen LogP contribution is 2.23. The number of hydrogen-bond donors (Lipinski definition) is 1. The summed E-state index contributed by atoms with van der Waals surface area (Å²) in [6.45, 7) is 6.80. The Morgan fingerprint density at radius 1 is 1.10 bits per heavy atom. The minimum atomic E-state index is -0.243. The second kappa shape index (κ2) is 7.89. The molecule has 0 unspecified atom stereocenters. The average molecular weight is 285 g/mol. The zero-order chi connectivity index (χ0) is 15.8. The molecule has 1 N–H and O–H groups in total. The zero-order valence-electron chi connectivity index (χ0n) is 12.7. The number of Topliss-reactive ketones (excluding diaryl/α,β-unsaturated/α-hetero) is 1. The molecular formula is C16H19N3O2. The summed E-state index contributed by atoms with van der Waals surface area (Å²) in [5, 5.41) is 2.62. The van der Waals surface area contributed by atoms with Gasteiger partial charge in [-0.25, -0.2) is 0 Å². The Morgan fingerprint density at radius 2 is 1.81 bits per heavy atom. The molecule has 0 bridgehead atoms. The molecule has 1 amide bonds. The molecule has 0 spiro atoms. The van der Waals surface area contributed by atoms with Crippen molar-refractivity contribution in [2.75, 3.05) is 5.32 Å². The highest BCUT2D eigenvalue weighted by atomic mass is 16.1. The first-order valence-electron chi connectivity index (χ1n) is 6.77. The molecule has 2 heterocycles. The van der Waals surface area contributed by atoms with Gasteiger partial charge >= 0.3 is 0 Å². The van der Waals surface area contributed by atoms with E-state index in [1.807, 2.05) is 26.0 Å². The van der Waals surface area contributed by atoms with Crippen molar-refractivity contribution in [2.45, 2.75) is 27.7 Å². The number of carbonyl (C=O) groups excluding carboxylic acids is 2. The van der Waals surface area contributed by atoms with Gasteiger partial charge in [0.05, 0.1) is 5.69 Å². The molecule has 0 fully saturated rings. The summed E-state index contributed by atoms with van der Waals surface area (Å²) >= 11 is 0. The fourth-order valence-electron chi connectivity index (χ4n) is 1.72. The highest BCUT2D eigenvalue weighted by molar-refractivity contribution is 6.02. The lowest BCUT2D eigenvalue weighted by atomic mass is 10.1. The second-order valence-corrected chi connectivity index (χ2v) is 4.10. The Hall–Kier alpha value is -2.56. The summed E-state index contributed by atoms with van der Waals surface area (Å²) in [6, 6.07) is 5.42. The van der Waals surface area contributed by atoms with Crippen molar-refractivity contribution in [3.8, 4) is 11.1 Å². The number of carbonyl (C=O) groups is 2. The van der Waals surface area contributed by atoms with Crippen molar-refractivity contribution in [3.05, 3.63) is 42.5 Å². The van der Waals surface area contributed by atoms with Crippen molar-refractivity contribution in [1.82, 2.24) is 9.97 Å². The Balaban J connectivity index is 0.00000106. The molecule has 2 aromatic heterocycles. The molecule has 0 aliphatic rings. The minimum Gasteiger partial charge on any atom is -0.324 e. The van der Waals surface area contributed by atoms with Gasteiger partial charge in [0, 0.05) is 43.6 Å². The SMILES string of the molecule is CC.CC(=O)Nc1cc(-c2cccnc2)cnc1C(C)=O. The summed E-state index contributed by atoms with van der Waals surface area (Å²) in [5.74, 6) is -0.436. The van der Waals surface area contributed by atoms with Crippen molar-refractivity contribution in [2.24, 2.45) is 0 Å². The summed E-state index contributed by atoms with van der Waals surface area (Å²) in [7, 11) is 0. The third kappa shape index (κ3) is 4.49. The lowest BCUT2D eigenvalue weighted by molar-refractivity contribution is -0.114. The first kappa shape index (κ1) is 16.5. The van der Waals surface area contributed by atoms with Crippen molar-refractivity contribution >= 4 is 17.4 Å². The van der Waals surface area contributed by atoms with E-state index in [-0.39, 0.29) is 17.4 Å². The summed E-state index contributed by atoms with van der Waals surface area (Å²) in [6.07, 6.45) is 4.97. The molecule has 5 nitrogen and oxygen atoms in total. The average Bonchev–Trinajstić information content (AvgIpc) is 2.49. The van der Waals surface area contributed by atoms with Crippen LogP contribution >= 0.6 is 0 Å². The zero-order valence-corrected chi connectivity index (χ0v) is 12.7. The van der Waals surface area contributed by atoms with Crippen LogP contribution in [0.2, 0.25) is 0 Å². The number of nitrogens with zero attached hydrogens (tertiary/aromatic N) is 2. The van der Waals surface area contributed by atoms with Gasteiger partial charge in [0.1, 0.15) is 5.69 Å². The number of nitrogens with one attached hydrogen (secondary N) is 1. The number of rotatable bonds is 3. The molecule has 0 aromatic carbocycles. The maximum Gasteiger partial charge on any atom is 0.221 e. The van der Waals surface area contributed by atoms with E-state index >= 15 is 0 Å². The van der Waals surface area contributed by atoms with Gasteiger partial charge in [-0.15, -0.1) is 0 Å². The Bertz CT molecular complexity index is 625. The summed E-state index contributed by atoms with van der Waals surface area (Å²) in [5.41, 5.74) is 2.34. The molecule has 0 radical (unpaired) electrons. The molecule has 0 saturated heterocycles. The van der Waals surface area contributed by atoms with E-state index in [9.17, 15) is 9.59 Å². The molecule has 110 valence electrons. The van der Waals surface area contributed by atoms with Crippen LogP contribution in [0.15, 0.2) is 36.8 Å². The van der Waals surface area contributed by atoms with Crippen LogP contribution in [0.3, 0.4) is 0 Å². The standard InChI is InChI=1S/C14H13N3O2.C2H6/c1-9(18)14-13(17-10(2)19)6-12(8-16-14)11-4-3-5-15-7-11;1-2/h3-8H,1-2H3,(H,17,19);1-2H3. The third-order valence-electron chi connectivity index (χ3n) is 2.53. The van der Waals surface area contributed by atoms with Gasteiger partial charge in [-0.3, -0.25) is 19.6 Å². The first-order valence-corrected chi connectivity index (χ1v) is 6.77. The molecule has 0 aliphatic heterocycles. The molecule has 2 rings (SSSR count). The Kier molecular flexibility index (Phi) is 6.20. The monoisotopic (exact) mass is 285 g/mol. The van der Waals surface area contributed by atoms with E-state index in [0.29, 0.717) is 5.69 Å². The van der Waals surface area contributed by atoms with Crippen molar-refractivity contribution in [1.29, 1.82) is 0 Å². The third-order valence-corrected chi connectivity index (χ3v) is 2.53. The van der Waals surface area contributed by atoms with Crippen LogP contribution in [0.25, 0.3) is 11.1 Å². The molecule has 0 aliphatic carbocycles. The molecule has 0 saturated carbocycles. The number of ketones is 1. The van der Waals surface area contributed by atoms with Crippen LogP contribution in [0.1, 0.15) is 38.2 Å². The van der Waals surface area contributed by atoms with Crippen LogP contribution in [-0.4, -0.2) is 21.7 Å². The Morgan fingerprint density at radius 3 is 2.33 bits per heavy atom. The van der Waals surface area contributed by atoms with Crippen molar-refractivity contribution < 1.29 is 9.59 Å². The maximum atomic E-state index is 11.5. The lowest BCUT2D eigenvalue weighted by Crippen LogP contribution is -2.11.